The third-order valence-electron chi connectivity index (χ3n) is 4.27. The fraction of sp³-hybridized carbons (Fsp3) is 0.467. The van der Waals surface area contributed by atoms with Crippen LogP contribution in [0.2, 0.25) is 0 Å². The topological polar surface area (TPSA) is 67.1 Å². The molecule has 2 aromatic heterocycles. The van der Waals surface area contributed by atoms with Gasteiger partial charge in [0, 0.05) is 31.7 Å². The van der Waals surface area contributed by atoms with Gasteiger partial charge < -0.3 is 14.2 Å². The van der Waals surface area contributed by atoms with Crippen LogP contribution >= 0.6 is 0 Å². The van der Waals surface area contributed by atoms with Gasteiger partial charge in [-0.1, -0.05) is 6.07 Å². The maximum absolute atomic E-state index is 11.8. The first-order chi connectivity index (χ1) is 10.2. The van der Waals surface area contributed by atoms with Gasteiger partial charge in [0.1, 0.15) is 11.2 Å². The van der Waals surface area contributed by atoms with E-state index in [4.69, 9.17) is 4.74 Å². The van der Waals surface area contributed by atoms with E-state index in [1.54, 1.807) is 13.3 Å². The second-order valence-electron chi connectivity index (χ2n) is 5.47. The molecule has 3 heterocycles. The largest absolute Gasteiger partial charge is 0.480 e. The molecule has 6 heteroatoms. The number of aliphatic carboxylic acids is 1. The van der Waals surface area contributed by atoms with Crippen molar-refractivity contribution in [2.24, 2.45) is 0 Å². The van der Waals surface area contributed by atoms with Crippen molar-refractivity contribution in [3.05, 3.63) is 36.3 Å². The maximum atomic E-state index is 11.8. The molecule has 0 radical (unpaired) electrons. The Bertz CT molecular complexity index is 654. The minimum absolute atomic E-state index is 0.211. The summed E-state index contributed by atoms with van der Waals surface area (Å²) < 4.78 is 7.19. The highest BCUT2D eigenvalue weighted by Gasteiger charge is 2.47. The van der Waals surface area contributed by atoms with Crippen LogP contribution in [-0.4, -0.2) is 51.2 Å². The van der Waals surface area contributed by atoms with Crippen LogP contribution in [0.5, 0.6) is 0 Å². The summed E-state index contributed by atoms with van der Waals surface area (Å²) in [5.74, 6) is -0.806. The molecule has 0 aliphatic carbocycles. The molecule has 1 aliphatic rings. The molecule has 1 N–H and O–H groups in total. The third-order valence-corrected chi connectivity index (χ3v) is 4.27. The van der Waals surface area contributed by atoms with Crippen LogP contribution in [-0.2, 0) is 16.1 Å². The molecule has 0 spiro atoms. The van der Waals surface area contributed by atoms with Gasteiger partial charge in [-0.05, 0) is 31.5 Å². The van der Waals surface area contributed by atoms with Gasteiger partial charge in [0.25, 0.3) is 0 Å². The van der Waals surface area contributed by atoms with Gasteiger partial charge in [0.2, 0.25) is 0 Å². The van der Waals surface area contributed by atoms with Crippen molar-refractivity contribution in [1.82, 2.24) is 14.3 Å². The van der Waals surface area contributed by atoms with Crippen LogP contribution in [0.15, 0.2) is 30.6 Å². The Morgan fingerprint density at radius 2 is 2.38 bits per heavy atom. The van der Waals surface area contributed by atoms with E-state index < -0.39 is 11.5 Å². The van der Waals surface area contributed by atoms with Crippen LogP contribution < -0.4 is 0 Å². The first kappa shape index (κ1) is 14.0. The molecule has 1 aliphatic heterocycles. The summed E-state index contributed by atoms with van der Waals surface area (Å²) in [7, 11) is 1.55. The zero-order valence-corrected chi connectivity index (χ0v) is 12.0. The Kier molecular flexibility index (Phi) is 3.65. The number of hydrogen-bond donors (Lipinski definition) is 1. The molecule has 1 unspecified atom stereocenters. The maximum Gasteiger partial charge on any atom is 0.326 e. The highest BCUT2D eigenvalue weighted by molar-refractivity contribution is 5.79. The molecule has 0 saturated carbocycles. The summed E-state index contributed by atoms with van der Waals surface area (Å²) >= 11 is 0. The number of imidazole rings is 1. The predicted octanol–water partition coefficient (Wildman–Crippen LogP) is 1.40. The lowest BCUT2D eigenvalue weighted by Gasteiger charge is -2.34. The number of carbonyl (C=O) groups is 1. The average Bonchev–Trinajstić information content (AvgIpc) is 3.08. The van der Waals surface area contributed by atoms with E-state index in [9.17, 15) is 9.90 Å². The molecule has 0 bridgehead atoms. The van der Waals surface area contributed by atoms with Gasteiger partial charge in [-0.2, -0.15) is 0 Å². The van der Waals surface area contributed by atoms with E-state index in [-0.39, 0.29) is 6.61 Å². The van der Waals surface area contributed by atoms with Crippen molar-refractivity contribution >= 4 is 11.6 Å². The molecule has 0 amide bonds. The molecule has 0 aromatic carbocycles. The molecule has 1 saturated heterocycles. The number of rotatable bonds is 5. The summed E-state index contributed by atoms with van der Waals surface area (Å²) in [6.07, 6.45) is 5.15. The predicted molar refractivity (Wildman–Crippen MR) is 77.1 cm³/mol. The van der Waals surface area contributed by atoms with Gasteiger partial charge in [-0.3, -0.25) is 9.69 Å². The van der Waals surface area contributed by atoms with Crippen LogP contribution in [0.1, 0.15) is 18.5 Å². The minimum atomic E-state index is -0.919. The van der Waals surface area contributed by atoms with Gasteiger partial charge in [-0.25, -0.2) is 4.98 Å². The number of pyridine rings is 1. The van der Waals surface area contributed by atoms with Crippen LogP contribution in [0.25, 0.3) is 5.65 Å². The number of carboxylic acids is 1. The van der Waals surface area contributed by atoms with Crippen molar-refractivity contribution in [2.45, 2.75) is 24.9 Å². The molecule has 1 fully saturated rings. The number of methoxy groups -OCH3 is 1. The molecule has 112 valence electrons. The van der Waals surface area contributed by atoms with Crippen LogP contribution in [0.4, 0.5) is 0 Å². The first-order valence-electron chi connectivity index (χ1n) is 7.06. The number of fused-ring (bicyclic) bond motifs is 1. The lowest BCUT2D eigenvalue weighted by atomic mass is 9.97. The Morgan fingerprint density at radius 3 is 3.14 bits per heavy atom. The van der Waals surface area contributed by atoms with E-state index >= 15 is 0 Å². The summed E-state index contributed by atoms with van der Waals surface area (Å²) in [6.45, 7) is 1.55. The lowest BCUT2D eigenvalue weighted by Crippen LogP contribution is -2.53. The second-order valence-corrected chi connectivity index (χ2v) is 5.47. The van der Waals surface area contributed by atoms with E-state index in [2.05, 4.69) is 4.98 Å². The van der Waals surface area contributed by atoms with Crippen molar-refractivity contribution in [3.63, 3.8) is 0 Å². The molecular weight excluding hydrogens is 270 g/mol. The zero-order chi connectivity index (χ0) is 14.9. The Balaban J connectivity index is 1.92. The molecule has 2 aromatic rings. The van der Waals surface area contributed by atoms with Crippen LogP contribution in [0, 0.1) is 0 Å². The standard InChI is InChI=1S/C15H19N3O3/c1-21-11-15(14(19)20)6-3-8-17(15)10-12-4-2-5-13-16-7-9-18(12)13/h2,4-5,7,9H,3,6,8,10-11H2,1H3,(H,19,20). The molecular formula is C15H19N3O3. The Labute approximate surface area is 123 Å². The van der Waals surface area contributed by atoms with E-state index in [0.29, 0.717) is 13.0 Å². The number of hydrogen-bond acceptors (Lipinski definition) is 4. The average molecular weight is 289 g/mol. The summed E-state index contributed by atoms with van der Waals surface area (Å²) in [5.41, 5.74) is 0.991. The summed E-state index contributed by atoms with van der Waals surface area (Å²) in [4.78, 5) is 18.1. The van der Waals surface area contributed by atoms with Crippen molar-refractivity contribution in [1.29, 1.82) is 0 Å². The van der Waals surface area contributed by atoms with Gasteiger partial charge in [-0.15, -0.1) is 0 Å². The summed E-state index contributed by atoms with van der Waals surface area (Å²) in [6, 6.07) is 5.89. The monoisotopic (exact) mass is 289 g/mol. The number of ether oxygens (including phenoxy) is 1. The number of carboxylic acid groups (broad SMARTS) is 1. The van der Waals surface area contributed by atoms with E-state index in [1.165, 1.54) is 0 Å². The molecule has 3 rings (SSSR count). The van der Waals surface area contributed by atoms with E-state index in [1.807, 2.05) is 33.7 Å². The Morgan fingerprint density at radius 1 is 1.52 bits per heavy atom. The number of aromatic nitrogens is 2. The highest BCUT2D eigenvalue weighted by atomic mass is 16.5. The normalized spacial score (nSPS) is 22.9. The van der Waals surface area contributed by atoms with Gasteiger partial charge >= 0.3 is 5.97 Å². The van der Waals surface area contributed by atoms with Crippen molar-refractivity contribution in [3.8, 4) is 0 Å². The van der Waals surface area contributed by atoms with Crippen molar-refractivity contribution < 1.29 is 14.6 Å². The molecule has 21 heavy (non-hydrogen) atoms. The minimum Gasteiger partial charge on any atom is -0.480 e. The SMILES string of the molecule is COCC1(C(=O)O)CCCN1Cc1cccc2nccn12. The Hall–Kier alpha value is -1.92. The second kappa shape index (κ2) is 5.46. The summed E-state index contributed by atoms with van der Waals surface area (Å²) in [5, 5.41) is 9.68. The number of nitrogens with zero attached hydrogens (tertiary/aromatic N) is 3. The fourth-order valence-corrected chi connectivity index (χ4v) is 3.20. The smallest absolute Gasteiger partial charge is 0.326 e. The third kappa shape index (κ3) is 2.30. The van der Waals surface area contributed by atoms with Gasteiger partial charge in [0.05, 0.1) is 6.61 Å². The quantitative estimate of drug-likeness (QED) is 0.901. The highest BCUT2D eigenvalue weighted by Crippen LogP contribution is 2.31. The lowest BCUT2D eigenvalue weighted by molar-refractivity contribution is -0.153. The fourth-order valence-electron chi connectivity index (χ4n) is 3.20. The van der Waals surface area contributed by atoms with E-state index in [0.717, 1.165) is 24.3 Å². The number of likely N-dealkylation sites (tertiary alicyclic amines) is 1. The van der Waals surface area contributed by atoms with Crippen molar-refractivity contribution in [2.75, 3.05) is 20.3 Å². The molecule has 6 nitrogen and oxygen atoms in total. The zero-order valence-electron chi connectivity index (χ0n) is 12.0. The van der Waals surface area contributed by atoms with Gasteiger partial charge in [0.15, 0.2) is 0 Å². The van der Waals surface area contributed by atoms with Crippen LogP contribution in [0.3, 0.4) is 0 Å². The molecule has 1 atom stereocenters. The first-order valence-corrected chi connectivity index (χ1v) is 7.06.